The van der Waals surface area contributed by atoms with Gasteiger partial charge in [-0.15, -0.1) is 0 Å². The molecule has 1 atom stereocenters. The summed E-state index contributed by atoms with van der Waals surface area (Å²) in [6.45, 7) is 0. The van der Waals surface area contributed by atoms with Gasteiger partial charge in [0.15, 0.2) is 0 Å². The Balaban J connectivity index is 2.55. The number of rotatable bonds is 2. The minimum atomic E-state index is -1.70. The average Bonchev–Trinajstić information content (AvgIpc) is 2.40. The molecule has 1 N–H and O–H groups in total. The Bertz CT molecular complexity index is 677. The highest BCUT2D eigenvalue weighted by Gasteiger charge is 2.22. The Morgan fingerprint density at radius 3 is 2.30 bits per heavy atom. The van der Waals surface area contributed by atoms with E-state index < -0.39 is 34.1 Å². The molecule has 2 aromatic carbocycles. The number of hydrogen-bond acceptors (Lipinski definition) is 1. The molecule has 1 nitrogen and oxygen atoms in total. The fourth-order valence-corrected chi connectivity index (χ4v) is 2.30. The van der Waals surface area contributed by atoms with Crippen molar-refractivity contribution in [2.45, 2.75) is 6.10 Å². The first-order valence-electron chi connectivity index (χ1n) is 5.28. The zero-order valence-electron chi connectivity index (χ0n) is 9.60. The van der Waals surface area contributed by atoms with E-state index in [2.05, 4.69) is 15.9 Å². The largest absolute Gasteiger partial charge is 0.383 e. The van der Waals surface area contributed by atoms with Crippen LogP contribution in [0.1, 0.15) is 17.2 Å². The maximum absolute atomic E-state index is 13.9. The summed E-state index contributed by atoms with van der Waals surface area (Å²) in [7, 11) is 0. The van der Waals surface area contributed by atoms with Crippen molar-refractivity contribution in [1.29, 1.82) is 0 Å². The van der Waals surface area contributed by atoms with Crippen molar-refractivity contribution >= 4 is 39.1 Å². The smallest absolute Gasteiger partial charge is 0.149 e. The Labute approximate surface area is 131 Å². The van der Waals surface area contributed by atoms with E-state index in [0.29, 0.717) is 6.07 Å². The standard InChI is InChI=1S/C13H6BrCl2F3O/c14-7-2-1-5(12(19)11(7)16)13(20)6-3-10(18)8(15)4-9(6)17/h1-4,13,20H. The number of hydrogen-bond donors (Lipinski definition) is 1. The van der Waals surface area contributed by atoms with Gasteiger partial charge in [-0.2, -0.15) is 0 Å². The fourth-order valence-electron chi connectivity index (χ4n) is 1.67. The summed E-state index contributed by atoms with van der Waals surface area (Å²) in [5, 5.41) is 9.34. The van der Waals surface area contributed by atoms with Gasteiger partial charge in [0.2, 0.25) is 0 Å². The highest BCUT2D eigenvalue weighted by Crippen LogP contribution is 2.34. The quantitative estimate of drug-likeness (QED) is 0.552. The van der Waals surface area contributed by atoms with Crippen LogP contribution in [0.4, 0.5) is 13.2 Å². The van der Waals surface area contributed by atoms with E-state index in [4.69, 9.17) is 23.2 Å². The molecule has 0 fully saturated rings. The third-order valence-corrected chi connectivity index (χ3v) is 4.24. The van der Waals surface area contributed by atoms with Crippen LogP contribution in [0, 0.1) is 17.5 Å². The second kappa shape index (κ2) is 5.93. The Kier molecular flexibility index (Phi) is 4.64. The lowest BCUT2D eigenvalue weighted by molar-refractivity contribution is 0.209. The molecule has 2 aromatic rings. The average molecular weight is 386 g/mol. The lowest BCUT2D eigenvalue weighted by atomic mass is 10.0. The monoisotopic (exact) mass is 384 g/mol. The maximum Gasteiger partial charge on any atom is 0.149 e. The van der Waals surface area contributed by atoms with Crippen LogP contribution in [-0.4, -0.2) is 5.11 Å². The lowest BCUT2D eigenvalue weighted by Crippen LogP contribution is -2.06. The molecule has 0 aliphatic heterocycles. The van der Waals surface area contributed by atoms with E-state index >= 15 is 0 Å². The fraction of sp³-hybridized carbons (Fsp3) is 0.0769. The van der Waals surface area contributed by atoms with Gasteiger partial charge in [0.25, 0.3) is 0 Å². The second-order valence-electron chi connectivity index (χ2n) is 3.95. The van der Waals surface area contributed by atoms with Crippen LogP contribution in [0.2, 0.25) is 10.0 Å². The second-order valence-corrected chi connectivity index (χ2v) is 5.59. The van der Waals surface area contributed by atoms with Gasteiger partial charge >= 0.3 is 0 Å². The molecule has 0 saturated carbocycles. The Morgan fingerprint density at radius 1 is 1.00 bits per heavy atom. The van der Waals surface area contributed by atoms with Crippen LogP contribution in [0.3, 0.4) is 0 Å². The molecule has 0 amide bonds. The third kappa shape index (κ3) is 2.81. The number of halogens is 6. The summed E-state index contributed by atoms with van der Waals surface area (Å²) < 4.78 is 41.3. The van der Waals surface area contributed by atoms with Gasteiger partial charge in [-0.25, -0.2) is 13.2 Å². The summed E-state index contributed by atoms with van der Waals surface area (Å²) in [6, 6.07) is 4.06. The molecule has 0 saturated heterocycles. The summed E-state index contributed by atoms with van der Waals surface area (Å²) in [5.41, 5.74) is -0.692. The number of aliphatic hydroxyl groups is 1. The van der Waals surface area contributed by atoms with Gasteiger partial charge in [0.1, 0.15) is 23.6 Å². The minimum absolute atomic E-state index is 0.253. The highest BCUT2D eigenvalue weighted by molar-refractivity contribution is 9.10. The number of aliphatic hydroxyl groups excluding tert-OH is 1. The molecule has 1 unspecified atom stereocenters. The molecule has 106 valence electrons. The molecular formula is C13H6BrCl2F3O. The summed E-state index contributed by atoms with van der Waals surface area (Å²) in [6.07, 6.45) is -1.70. The topological polar surface area (TPSA) is 20.2 Å². The molecule has 0 bridgehead atoms. The summed E-state index contributed by atoms with van der Waals surface area (Å²) >= 11 is 14.1. The predicted octanol–water partition coefficient (Wildman–Crippen LogP) is 5.25. The van der Waals surface area contributed by atoms with Crippen LogP contribution in [0.15, 0.2) is 28.7 Å². The molecule has 0 aromatic heterocycles. The van der Waals surface area contributed by atoms with Crippen LogP contribution in [0.5, 0.6) is 0 Å². The van der Waals surface area contributed by atoms with Gasteiger partial charge in [-0.3, -0.25) is 0 Å². The van der Waals surface area contributed by atoms with E-state index in [1.54, 1.807) is 0 Å². The Morgan fingerprint density at radius 2 is 1.65 bits per heavy atom. The zero-order valence-corrected chi connectivity index (χ0v) is 12.7. The lowest BCUT2D eigenvalue weighted by Gasteiger charge is -2.15. The molecule has 0 aliphatic rings. The van der Waals surface area contributed by atoms with Crippen molar-refractivity contribution in [1.82, 2.24) is 0 Å². The van der Waals surface area contributed by atoms with Gasteiger partial charge in [0, 0.05) is 15.6 Å². The molecule has 0 spiro atoms. The van der Waals surface area contributed by atoms with Crippen LogP contribution in [-0.2, 0) is 0 Å². The van der Waals surface area contributed by atoms with Crippen molar-refractivity contribution in [3.05, 3.63) is 67.4 Å². The minimum Gasteiger partial charge on any atom is -0.383 e. The zero-order chi connectivity index (χ0) is 15.0. The first-order valence-corrected chi connectivity index (χ1v) is 6.83. The van der Waals surface area contributed by atoms with E-state index in [1.807, 2.05) is 0 Å². The first kappa shape index (κ1) is 15.6. The van der Waals surface area contributed by atoms with E-state index in [1.165, 1.54) is 12.1 Å². The van der Waals surface area contributed by atoms with E-state index in [0.717, 1.165) is 6.07 Å². The third-order valence-electron chi connectivity index (χ3n) is 2.69. The molecule has 0 heterocycles. The summed E-state index contributed by atoms with van der Waals surface area (Å²) in [4.78, 5) is 0. The normalized spacial score (nSPS) is 12.6. The maximum atomic E-state index is 13.9. The number of benzene rings is 2. The molecule has 2 rings (SSSR count). The van der Waals surface area contributed by atoms with Crippen molar-refractivity contribution in [2.24, 2.45) is 0 Å². The first-order chi connectivity index (χ1) is 9.32. The molecule has 0 aliphatic carbocycles. The van der Waals surface area contributed by atoms with E-state index in [-0.39, 0.29) is 15.1 Å². The SMILES string of the molecule is OC(c1cc(F)c(Cl)cc1F)c1ccc(Br)c(Cl)c1F. The van der Waals surface area contributed by atoms with Crippen LogP contribution >= 0.6 is 39.1 Å². The molecule has 0 radical (unpaired) electrons. The van der Waals surface area contributed by atoms with Gasteiger partial charge in [-0.1, -0.05) is 29.3 Å². The molecule has 20 heavy (non-hydrogen) atoms. The highest BCUT2D eigenvalue weighted by atomic mass is 79.9. The summed E-state index contributed by atoms with van der Waals surface area (Å²) in [5.74, 6) is -2.77. The van der Waals surface area contributed by atoms with Crippen LogP contribution < -0.4 is 0 Å². The van der Waals surface area contributed by atoms with Crippen molar-refractivity contribution in [2.75, 3.05) is 0 Å². The van der Waals surface area contributed by atoms with Crippen LogP contribution in [0.25, 0.3) is 0 Å². The van der Waals surface area contributed by atoms with Crippen molar-refractivity contribution < 1.29 is 18.3 Å². The molecule has 7 heteroatoms. The van der Waals surface area contributed by atoms with Gasteiger partial charge in [-0.05, 0) is 34.1 Å². The van der Waals surface area contributed by atoms with E-state index in [9.17, 15) is 18.3 Å². The van der Waals surface area contributed by atoms with Gasteiger partial charge < -0.3 is 5.11 Å². The van der Waals surface area contributed by atoms with Gasteiger partial charge in [0.05, 0.1) is 10.0 Å². The molecular weight excluding hydrogens is 380 g/mol. The van der Waals surface area contributed by atoms with Crippen molar-refractivity contribution in [3.8, 4) is 0 Å². The Hall–Kier alpha value is -0.750. The predicted molar refractivity (Wildman–Crippen MR) is 74.5 cm³/mol. The van der Waals surface area contributed by atoms with Crippen molar-refractivity contribution in [3.63, 3.8) is 0 Å².